The molecule has 0 heterocycles. The van der Waals surface area contributed by atoms with E-state index in [0.717, 1.165) is 22.6 Å². The van der Waals surface area contributed by atoms with Gasteiger partial charge in [0.05, 0.1) is 18.4 Å². The molecule has 24 heavy (non-hydrogen) atoms. The van der Waals surface area contributed by atoms with Crippen molar-refractivity contribution >= 4 is 29.3 Å². The lowest BCUT2D eigenvalue weighted by Crippen LogP contribution is -2.34. The summed E-state index contributed by atoms with van der Waals surface area (Å²) < 4.78 is 5.37. The lowest BCUT2D eigenvalue weighted by molar-refractivity contribution is -0.121. The fourth-order valence-corrected chi connectivity index (χ4v) is 3.50. The molecule has 0 aliphatic heterocycles. The van der Waals surface area contributed by atoms with E-state index >= 15 is 0 Å². The van der Waals surface area contributed by atoms with Crippen LogP contribution in [-0.2, 0) is 4.79 Å². The summed E-state index contributed by atoms with van der Waals surface area (Å²) in [6.45, 7) is 3.98. The number of thioether (sulfide) groups is 1. The van der Waals surface area contributed by atoms with Gasteiger partial charge in [-0.15, -0.1) is 11.8 Å². The summed E-state index contributed by atoms with van der Waals surface area (Å²) in [5.41, 5.74) is 0.972. The fourth-order valence-electron chi connectivity index (χ4n) is 2.41. The van der Waals surface area contributed by atoms with Crippen molar-refractivity contribution in [3.8, 4) is 5.75 Å². The van der Waals surface area contributed by atoms with Crippen LogP contribution in [0.25, 0.3) is 0 Å². The van der Waals surface area contributed by atoms with E-state index in [-0.39, 0.29) is 17.2 Å². The van der Waals surface area contributed by atoms with E-state index in [9.17, 15) is 4.79 Å². The summed E-state index contributed by atoms with van der Waals surface area (Å²) in [7, 11) is 1.64. The first-order valence-electron chi connectivity index (χ1n) is 7.90. The predicted molar refractivity (Wildman–Crippen MR) is 101 cm³/mol. The molecule has 0 aromatic heterocycles. The van der Waals surface area contributed by atoms with Crippen LogP contribution in [0.3, 0.4) is 0 Å². The standard InChI is InChI=1S/C19H22ClNO2S/c1-4-18(24-15-11-9-14(20)10-12-15)19(22)21-13(2)16-7-5-6-8-17(16)23-3/h5-13,18H,4H2,1-3H3,(H,21,22)/t13-,18+/m1/s1. The molecule has 0 unspecified atom stereocenters. The lowest BCUT2D eigenvalue weighted by atomic mass is 10.1. The van der Waals surface area contributed by atoms with Crippen molar-refractivity contribution in [1.29, 1.82) is 0 Å². The molecule has 2 aromatic carbocycles. The Hall–Kier alpha value is -1.65. The Morgan fingerprint density at radius 3 is 2.50 bits per heavy atom. The number of ether oxygens (including phenoxy) is 1. The summed E-state index contributed by atoms with van der Waals surface area (Å²) in [6.07, 6.45) is 0.748. The van der Waals surface area contributed by atoms with Crippen LogP contribution in [0.4, 0.5) is 0 Å². The summed E-state index contributed by atoms with van der Waals surface area (Å²) in [4.78, 5) is 13.7. The quantitative estimate of drug-likeness (QED) is 0.696. The summed E-state index contributed by atoms with van der Waals surface area (Å²) >= 11 is 7.46. The van der Waals surface area contributed by atoms with Gasteiger partial charge in [-0.1, -0.05) is 36.7 Å². The van der Waals surface area contributed by atoms with Gasteiger partial charge in [0.2, 0.25) is 5.91 Å². The van der Waals surface area contributed by atoms with E-state index in [1.54, 1.807) is 18.9 Å². The van der Waals surface area contributed by atoms with Gasteiger partial charge in [0.25, 0.3) is 0 Å². The molecule has 1 N–H and O–H groups in total. The van der Waals surface area contributed by atoms with Crippen molar-refractivity contribution in [1.82, 2.24) is 5.32 Å². The second-order valence-electron chi connectivity index (χ2n) is 5.44. The van der Waals surface area contributed by atoms with Gasteiger partial charge in [0, 0.05) is 15.5 Å². The zero-order chi connectivity index (χ0) is 17.5. The summed E-state index contributed by atoms with van der Waals surface area (Å²) in [5.74, 6) is 0.805. The van der Waals surface area contributed by atoms with Gasteiger partial charge in [-0.2, -0.15) is 0 Å². The highest BCUT2D eigenvalue weighted by atomic mass is 35.5. The number of benzene rings is 2. The van der Waals surface area contributed by atoms with E-state index in [1.807, 2.05) is 62.4 Å². The van der Waals surface area contributed by atoms with Crippen LogP contribution in [0.15, 0.2) is 53.4 Å². The Morgan fingerprint density at radius 2 is 1.88 bits per heavy atom. The van der Waals surface area contributed by atoms with E-state index in [1.165, 1.54) is 0 Å². The molecule has 0 aliphatic carbocycles. The highest BCUT2D eigenvalue weighted by Crippen LogP contribution is 2.29. The molecule has 2 atom stereocenters. The third-order valence-corrected chi connectivity index (χ3v) is 5.35. The Labute approximate surface area is 152 Å². The molecule has 0 radical (unpaired) electrons. The third-order valence-electron chi connectivity index (χ3n) is 3.72. The molecule has 0 bridgehead atoms. The van der Waals surface area contributed by atoms with Crippen LogP contribution in [0.2, 0.25) is 5.02 Å². The number of amides is 1. The maximum Gasteiger partial charge on any atom is 0.233 e. The smallest absolute Gasteiger partial charge is 0.233 e. The molecule has 1 amide bonds. The van der Waals surface area contributed by atoms with Crippen molar-refractivity contribution in [2.45, 2.75) is 36.5 Å². The molecule has 0 aliphatic rings. The van der Waals surface area contributed by atoms with Gasteiger partial charge in [0.1, 0.15) is 5.75 Å². The number of nitrogens with one attached hydrogen (secondary N) is 1. The second kappa shape index (κ2) is 9.00. The highest BCUT2D eigenvalue weighted by Gasteiger charge is 2.21. The van der Waals surface area contributed by atoms with Crippen molar-refractivity contribution in [2.24, 2.45) is 0 Å². The number of carbonyl (C=O) groups excluding carboxylic acids is 1. The molecule has 3 nitrogen and oxygen atoms in total. The largest absolute Gasteiger partial charge is 0.496 e. The van der Waals surface area contributed by atoms with Gasteiger partial charge >= 0.3 is 0 Å². The SMILES string of the molecule is CC[C@H](Sc1ccc(Cl)cc1)C(=O)N[C@H](C)c1ccccc1OC. The minimum Gasteiger partial charge on any atom is -0.496 e. The van der Waals surface area contributed by atoms with Crippen molar-refractivity contribution in [3.05, 3.63) is 59.1 Å². The number of para-hydroxylation sites is 1. The Morgan fingerprint density at radius 1 is 1.21 bits per heavy atom. The second-order valence-corrected chi connectivity index (χ2v) is 7.15. The van der Waals surface area contributed by atoms with E-state index in [0.29, 0.717) is 5.02 Å². The van der Waals surface area contributed by atoms with Crippen LogP contribution in [0.1, 0.15) is 31.9 Å². The number of carbonyl (C=O) groups is 1. The van der Waals surface area contributed by atoms with Crippen molar-refractivity contribution in [2.75, 3.05) is 7.11 Å². The number of methoxy groups -OCH3 is 1. The number of rotatable bonds is 7. The normalized spacial score (nSPS) is 13.2. The van der Waals surface area contributed by atoms with E-state index < -0.39 is 0 Å². The molecular formula is C19H22ClNO2S. The maximum atomic E-state index is 12.6. The average molecular weight is 364 g/mol. The summed E-state index contributed by atoms with van der Waals surface area (Å²) in [5, 5.41) is 3.63. The Bertz CT molecular complexity index is 675. The number of hydrogen-bond acceptors (Lipinski definition) is 3. The molecular weight excluding hydrogens is 342 g/mol. The van der Waals surface area contributed by atoms with Crippen LogP contribution < -0.4 is 10.1 Å². The minimum absolute atomic E-state index is 0.0239. The van der Waals surface area contributed by atoms with Gasteiger partial charge in [0.15, 0.2) is 0 Å². The molecule has 0 fully saturated rings. The molecule has 0 spiro atoms. The highest BCUT2D eigenvalue weighted by molar-refractivity contribution is 8.00. The molecule has 5 heteroatoms. The number of halogens is 1. The zero-order valence-electron chi connectivity index (χ0n) is 14.1. The molecule has 2 rings (SSSR count). The fraction of sp³-hybridized carbons (Fsp3) is 0.316. The Kier molecular flexibility index (Phi) is 7.00. The van der Waals surface area contributed by atoms with Crippen molar-refractivity contribution < 1.29 is 9.53 Å². The third kappa shape index (κ3) is 4.92. The van der Waals surface area contributed by atoms with Gasteiger partial charge in [-0.3, -0.25) is 4.79 Å². The van der Waals surface area contributed by atoms with Gasteiger partial charge < -0.3 is 10.1 Å². The lowest BCUT2D eigenvalue weighted by Gasteiger charge is -2.21. The molecule has 0 saturated carbocycles. The van der Waals surface area contributed by atoms with Crippen LogP contribution in [0.5, 0.6) is 5.75 Å². The average Bonchev–Trinajstić information content (AvgIpc) is 2.60. The van der Waals surface area contributed by atoms with Crippen molar-refractivity contribution in [3.63, 3.8) is 0 Å². The molecule has 128 valence electrons. The van der Waals surface area contributed by atoms with E-state index in [4.69, 9.17) is 16.3 Å². The first-order valence-corrected chi connectivity index (χ1v) is 9.16. The maximum absolute atomic E-state index is 12.6. The minimum atomic E-state index is -0.150. The molecule has 0 saturated heterocycles. The van der Waals surface area contributed by atoms with E-state index in [2.05, 4.69) is 5.32 Å². The Balaban J connectivity index is 2.04. The molecule has 2 aromatic rings. The van der Waals surface area contributed by atoms with Crippen LogP contribution in [-0.4, -0.2) is 18.3 Å². The van der Waals surface area contributed by atoms with Crippen LogP contribution >= 0.6 is 23.4 Å². The monoisotopic (exact) mass is 363 g/mol. The number of hydrogen-bond donors (Lipinski definition) is 1. The predicted octanol–water partition coefficient (Wildman–Crippen LogP) is 5.10. The summed E-state index contributed by atoms with van der Waals surface area (Å²) in [6, 6.07) is 15.2. The topological polar surface area (TPSA) is 38.3 Å². The zero-order valence-corrected chi connectivity index (χ0v) is 15.7. The van der Waals surface area contributed by atoms with Crippen LogP contribution in [0, 0.1) is 0 Å². The first kappa shape index (κ1) is 18.7. The van der Waals surface area contributed by atoms with Gasteiger partial charge in [-0.05, 0) is 43.7 Å². The first-order chi connectivity index (χ1) is 11.5. The van der Waals surface area contributed by atoms with Gasteiger partial charge in [-0.25, -0.2) is 0 Å².